The summed E-state index contributed by atoms with van der Waals surface area (Å²) in [5, 5.41) is 0. The predicted octanol–water partition coefficient (Wildman–Crippen LogP) is 24.0. The number of likely N-dealkylation sites (N-methyl/N-ethyl adjacent to an activating group) is 1. The highest BCUT2D eigenvalue weighted by molar-refractivity contribution is 7.45. The second-order valence-corrected chi connectivity index (χ2v) is 27.3. The van der Waals surface area contributed by atoms with Crippen molar-refractivity contribution in [2.75, 3.05) is 47.5 Å². The molecule has 0 aliphatic heterocycles. The van der Waals surface area contributed by atoms with Gasteiger partial charge in [0, 0.05) is 12.8 Å². The maximum absolute atomic E-state index is 12.8. The zero-order valence-electron chi connectivity index (χ0n) is 59.1. The summed E-state index contributed by atoms with van der Waals surface area (Å²) in [6.07, 6.45) is 100. The zero-order chi connectivity index (χ0) is 65.5. The molecule has 10 heteroatoms. The number of rotatable bonds is 68. The zero-order valence-corrected chi connectivity index (χ0v) is 59.9. The third kappa shape index (κ3) is 73.5. The summed E-state index contributed by atoms with van der Waals surface area (Å²) >= 11 is 0. The van der Waals surface area contributed by atoms with Crippen LogP contribution in [0, 0.1) is 0 Å². The molecule has 0 N–H and O–H groups in total. The molecule has 2 atom stereocenters. The van der Waals surface area contributed by atoms with Gasteiger partial charge < -0.3 is 27.9 Å². The van der Waals surface area contributed by atoms with Crippen LogP contribution in [0.15, 0.2) is 122 Å². The Hall–Kier alpha value is -3.59. The highest BCUT2D eigenvalue weighted by Crippen LogP contribution is 2.38. The van der Waals surface area contributed by atoms with E-state index in [1.165, 1.54) is 193 Å². The van der Waals surface area contributed by atoms with Crippen molar-refractivity contribution in [2.45, 2.75) is 328 Å². The van der Waals surface area contributed by atoms with Crippen LogP contribution >= 0.6 is 7.82 Å². The minimum Gasteiger partial charge on any atom is -0.756 e. The largest absolute Gasteiger partial charge is 0.756 e. The smallest absolute Gasteiger partial charge is 0.306 e. The Labute approximate surface area is 556 Å². The van der Waals surface area contributed by atoms with E-state index in [0.717, 1.165) is 96.3 Å². The normalized spacial score (nSPS) is 13.8. The van der Waals surface area contributed by atoms with E-state index >= 15 is 0 Å². The van der Waals surface area contributed by atoms with E-state index in [0.29, 0.717) is 17.4 Å². The summed E-state index contributed by atoms with van der Waals surface area (Å²) in [4.78, 5) is 38.1. The van der Waals surface area contributed by atoms with Crippen LogP contribution in [0.1, 0.15) is 322 Å². The molecule has 0 radical (unpaired) electrons. The average molecular weight is 1270 g/mol. The van der Waals surface area contributed by atoms with Crippen LogP contribution in [0.3, 0.4) is 0 Å². The quantitative estimate of drug-likeness (QED) is 0.0195. The van der Waals surface area contributed by atoms with E-state index in [1.54, 1.807) is 0 Å². The predicted molar refractivity (Wildman–Crippen MR) is 388 cm³/mol. The molecular formula is C80H140NO8P. The number of quaternary nitrogens is 1. The van der Waals surface area contributed by atoms with Gasteiger partial charge in [0.1, 0.15) is 19.8 Å². The molecule has 0 heterocycles. The highest BCUT2D eigenvalue weighted by atomic mass is 31.2. The van der Waals surface area contributed by atoms with Crippen molar-refractivity contribution in [3.05, 3.63) is 122 Å². The number of carbonyl (C=O) groups is 2. The van der Waals surface area contributed by atoms with Crippen LogP contribution in [-0.4, -0.2) is 70.0 Å². The van der Waals surface area contributed by atoms with Gasteiger partial charge in [-0.25, -0.2) is 0 Å². The van der Waals surface area contributed by atoms with E-state index < -0.39 is 32.5 Å². The Morgan fingerprint density at radius 3 is 0.956 bits per heavy atom. The fraction of sp³-hybridized carbons (Fsp3) is 0.725. The number of nitrogens with zero attached hydrogens (tertiary/aromatic N) is 1. The first-order chi connectivity index (χ1) is 44.0. The lowest BCUT2D eigenvalue weighted by atomic mass is 10.0. The summed E-state index contributed by atoms with van der Waals surface area (Å²) < 4.78 is 34.3. The van der Waals surface area contributed by atoms with Gasteiger partial charge >= 0.3 is 11.9 Å². The highest BCUT2D eigenvalue weighted by Gasteiger charge is 2.22. The van der Waals surface area contributed by atoms with Gasteiger partial charge in [0.25, 0.3) is 7.82 Å². The SMILES string of the molecule is CC/C=C\C/C=C\C/C=C\C/C=C\C/C=C\C/C=C\C/C=C\CCCCCC(=O)OC(COC(=O)CCCCCCCCCCCCCCCCCCCCCCCCCCCC/C=C\C/C=C\C/C=C\CCCCCCC)COP(=O)([O-])OCC[N+](C)(C)C. The van der Waals surface area contributed by atoms with Crippen LogP contribution in [0.2, 0.25) is 0 Å². The molecule has 90 heavy (non-hydrogen) atoms. The molecule has 0 aromatic carbocycles. The van der Waals surface area contributed by atoms with Gasteiger partial charge in [0.05, 0.1) is 27.7 Å². The second-order valence-electron chi connectivity index (χ2n) is 25.9. The first-order valence-corrected chi connectivity index (χ1v) is 38.7. The van der Waals surface area contributed by atoms with Crippen molar-refractivity contribution in [2.24, 2.45) is 0 Å². The average Bonchev–Trinajstić information content (AvgIpc) is 3.58. The Bertz CT molecular complexity index is 1940. The molecule has 0 spiro atoms. The fourth-order valence-electron chi connectivity index (χ4n) is 10.3. The molecule has 0 rings (SSSR count). The number of phosphoric acid groups is 1. The molecule has 518 valence electrons. The first kappa shape index (κ1) is 86.4. The van der Waals surface area contributed by atoms with Crippen molar-refractivity contribution >= 4 is 19.8 Å². The molecule has 0 amide bonds. The van der Waals surface area contributed by atoms with E-state index in [1.807, 2.05) is 21.1 Å². The summed E-state index contributed by atoms with van der Waals surface area (Å²) in [6, 6.07) is 0. The molecule has 0 aliphatic rings. The number of hydrogen-bond donors (Lipinski definition) is 0. The van der Waals surface area contributed by atoms with Crippen LogP contribution in [-0.2, 0) is 32.7 Å². The van der Waals surface area contributed by atoms with E-state index in [4.69, 9.17) is 18.5 Å². The van der Waals surface area contributed by atoms with Crippen LogP contribution in [0.25, 0.3) is 0 Å². The number of ether oxygens (including phenoxy) is 2. The molecule has 0 saturated heterocycles. The first-order valence-electron chi connectivity index (χ1n) is 37.2. The Kier molecular flexibility index (Phi) is 67.0. The summed E-state index contributed by atoms with van der Waals surface area (Å²) in [5.41, 5.74) is 0. The summed E-state index contributed by atoms with van der Waals surface area (Å²) in [7, 11) is 1.14. The van der Waals surface area contributed by atoms with Gasteiger partial charge in [-0.05, 0) is 109 Å². The lowest BCUT2D eigenvalue weighted by molar-refractivity contribution is -0.870. The monoisotopic (exact) mass is 1270 g/mol. The number of unbranched alkanes of at least 4 members (excludes halogenated alkanes) is 34. The van der Waals surface area contributed by atoms with Crippen molar-refractivity contribution < 1.29 is 42.1 Å². The van der Waals surface area contributed by atoms with Crippen LogP contribution < -0.4 is 4.89 Å². The van der Waals surface area contributed by atoms with Crippen molar-refractivity contribution in [1.29, 1.82) is 0 Å². The number of hydrogen-bond acceptors (Lipinski definition) is 8. The maximum Gasteiger partial charge on any atom is 0.306 e. The molecule has 0 aromatic rings. The molecule has 0 fully saturated rings. The number of esters is 2. The van der Waals surface area contributed by atoms with Crippen molar-refractivity contribution in [1.82, 2.24) is 0 Å². The van der Waals surface area contributed by atoms with E-state index in [-0.39, 0.29) is 26.1 Å². The molecule has 0 aliphatic carbocycles. The minimum absolute atomic E-state index is 0.0422. The Morgan fingerprint density at radius 2 is 0.633 bits per heavy atom. The molecular weight excluding hydrogens is 1130 g/mol. The maximum atomic E-state index is 12.8. The van der Waals surface area contributed by atoms with Gasteiger partial charge in [-0.1, -0.05) is 322 Å². The van der Waals surface area contributed by atoms with E-state index in [2.05, 4.69) is 135 Å². The van der Waals surface area contributed by atoms with Crippen molar-refractivity contribution in [3.63, 3.8) is 0 Å². The lowest BCUT2D eigenvalue weighted by Crippen LogP contribution is -2.37. The number of allylic oxidation sites excluding steroid dienone is 20. The van der Waals surface area contributed by atoms with Gasteiger partial charge in [0.15, 0.2) is 6.10 Å². The third-order valence-electron chi connectivity index (χ3n) is 16.0. The molecule has 2 unspecified atom stereocenters. The van der Waals surface area contributed by atoms with Gasteiger partial charge in [-0.2, -0.15) is 0 Å². The third-order valence-corrected chi connectivity index (χ3v) is 16.9. The molecule has 0 aromatic heterocycles. The van der Waals surface area contributed by atoms with Gasteiger partial charge in [-0.3, -0.25) is 14.2 Å². The lowest BCUT2D eigenvalue weighted by Gasteiger charge is -2.28. The van der Waals surface area contributed by atoms with E-state index in [9.17, 15) is 19.0 Å². The molecule has 9 nitrogen and oxygen atoms in total. The van der Waals surface area contributed by atoms with Crippen LogP contribution in [0.4, 0.5) is 0 Å². The van der Waals surface area contributed by atoms with Gasteiger partial charge in [-0.15, -0.1) is 0 Å². The second kappa shape index (κ2) is 69.7. The number of carbonyl (C=O) groups excluding carboxylic acids is 2. The van der Waals surface area contributed by atoms with Gasteiger partial charge in [0.2, 0.25) is 0 Å². The Balaban J connectivity index is 3.98. The minimum atomic E-state index is -4.66. The standard InChI is InChI=1S/C80H140NO8P/c1-6-8-10-12-14-16-18-20-22-24-26-28-30-32-33-34-35-36-37-38-39-40-41-42-43-44-45-46-47-49-50-52-54-56-58-60-62-64-66-68-70-72-79(82)86-76-78(77-88-90(84,85)87-75-74-81(3,4)5)89-80(83)73-71-69-67-65-63-61-59-57-55-53-51-48-31-29-27-25-23-21-19-17-15-13-11-9-7-2/h9,11,15,17-18,20-21,23-24,26-27,29-30,32,48,51,55,57,61,63,78H,6-8,10,12-14,16,19,22,25,28,31,33-47,49-50,52-54,56,58-60,62,64-77H2,1-5H3/b11-9-,17-15-,20-18-,23-21-,26-24-,29-27-,32-30-,51-48-,57-55-,63-61-. The molecule has 0 saturated carbocycles. The summed E-state index contributed by atoms with van der Waals surface area (Å²) in [6.45, 7) is 4.09. The number of phosphoric ester groups is 1. The van der Waals surface area contributed by atoms with Crippen LogP contribution in [0.5, 0.6) is 0 Å². The fourth-order valence-corrected chi connectivity index (χ4v) is 11.0. The molecule has 0 bridgehead atoms. The Morgan fingerprint density at radius 1 is 0.356 bits per heavy atom. The topological polar surface area (TPSA) is 111 Å². The van der Waals surface area contributed by atoms with Crippen molar-refractivity contribution in [3.8, 4) is 0 Å². The summed E-state index contributed by atoms with van der Waals surface area (Å²) in [5.74, 6) is -0.868.